The Morgan fingerprint density at radius 1 is 1.00 bits per heavy atom. The van der Waals surface area contributed by atoms with E-state index in [9.17, 15) is 0 Å². The van der Waals surface area contributed by atoms with E-state index in [1.807, 2.05) is 55.5 Å². The number of anilines is 1. The van der Waals surface area contributed by atoms with Gasteiger partial charge in [0.1, 0.15) is 0 Å². The molecule has 0 saturated carbocycles. The predicted octanol–water partition coefficient (Wildman–Crippen LogP) is 2.86. The van der Waals surface area contributed by atoms with Gasteiger partial charge in [0.25, 0.3) is 0 Å². The van der Waals surface area contributed by atoms with Crippen LogP contribution in [-0.4, -0.2) is 35.9 Å². The Kier molecular flexibility index (Phi) is 8.35. The highest BCUT2D eigenvalue weighted by Gasteiger charge is 2.05. The van der Waals surface area contributed by atoms with Gasteiger partial charge in [-0.3, -0.25) is 0 Å². The third-order valence-electron chi connectivity index (χ3n) is 2.98. The molecule has 0 radical (unpaired) electrons. The van der Waals surface area contributed by atoms with Crippen LogP contribution in [0.25, 0.3) is 0 Å². The molecule has 3 N–H and O–H groups in total. The van der Waals surface area contributed by atoms with E-state index in [0.717, 1.165) is 29.3 Å². The van der Waals surface area contributed by atoms with Gasteiger partial charge in [-0.05, 0) is 36.8 Å². The third kappa shape index (κ3) is 7.26. The molecule has 25 heavy (non-hydrogen) atoms. The van der Waals surface area contributed by atoms with Crippen LogP contribution in [0.5, 0.6) is 11.5 Å². The van der Waals surface area contributed by atoms with E-state index in [-0.39, 0.29) is 0 Å². The van der Waals surface area contributed by atoms with Crippen molar-refractivity contribution in [1.29, 1.82) is 0 Å². The van der Waals surface area contributed by atoms with Gasteiger partial charge >= 0.3 is 11.9 Å². The third-order valence-corrected chi connectivity index (χ3v) is 2.98. The zero-order valence-corrected chi connectivity index (χ0v) is 14.1. The van der Waals surface area contributed by atoms with Gasteiger partial charge < -0.3 is 25.0 Å². The van der Waals surface area contributed by atoms with Gasteiger partial charge in [-0.1, -0.05) is 24.3 Å². The molecular weight excluding hydrogens is 326 g/mol. The van der Waals surface area contributed by atoms with Crippen molar-refractivity contribution in [2.24, 2.45) is 0 Å². The monoisotopic (exact) mass is 347 g/mol. The van der Waals surface area contributed by atoms with Crippen molar-refractivity contribution < 1.29 is 29.3 Å². The number of para-hydroxylation sites is 1. The molecule has 0 fully saturated rings. The largest absolute Gasteiger partial charge is 0.493 e. The van der Waals surface area contributed by atoms with Gasteiger partial charge in [0.15, 0.2) is 11.5 Å². The highest BCUT2D eigenvalue weighted by atomic mass is 16.5. The number of carbonyl (C=O) groups is 2. The van der Waals surface area contributed by atoms with Crippen molar-refractivity contribution in [3.8, 4) is 11.5 Å². The fourth-order valence-electron chi connectivity index (χ4n) is 1.86. The average molecular weight is 347 g/mol. The van der Waals surface area contributed by atoms with E-state index in [1.165, 1.54) is 0 Å². The van der Waals surface area contributed by atoms with Crippen LogP contribution < -0.4 is 14.8 Å². The van der Waals surface area contributed by atoms with E-state index in [0.29, 0.717) is 6.61 Å². The van der Waals surface area contributed by atoms with Crippen molar-refractivity contribution in [3.05, 3.63) is 54.1 Å². The minimum Gasteiger partial charge on any atom is -0.493 e. The molecule has 134 valence electrons. The van der Waals surface area contributed by atoms with Gasteiger partial charge in [-0.15, -0.1) is 0 Å². The second kappa shape index (κ2) is 10.5. The number of carboxylic acids is 2. The molecule has 0 spiro atoms. The first kappa shape index (κ1) is 19.8. The van der Waals surface area contributed by atoms with Crippen molar-refractivity contribution in [2.45, 2.75) is 13.5 Å². The van der Waals surface area contributed by atoms with Gasteiger partial charge in [-0.2, -0.15) is 0 Å². The number of methoxy groups -OCH3 is 1. The number of carboxylic acid groups (broad SMARTS) is 2. The Labute approximate surface area is 145 Å². The topological polar surface area (TPSA) is 105 Å². The Hall–Kier alpha value is -3.22. The predicted molar refractivity (Wildman–Crippen MR) is 93.2 cm³/mol. The minimum atomic E-state index is -1.82. The summed E-state index contributed by atoms with van der Waals surface area (Å²) in [6.07, 6.45) is 0. The molecule has 2 rings (SSSR count). The van der Waals surface area contributed by atoms with E-state index in [1.54, 1.807) is 7.11 Å². The minimum absolute atomic E-state index is 0.631. The summed E-state index contributed by atoms with van der Waals surface area (Å²) in [6.45, 7) is 3.36. The Morgan fingerprint density at radius 3 is 2.16 bits per heavy atom. The zero-order valence-electron chi connectivity index (χ0n) is 14.1. The van der Waals surface area contributed by atoms with Crippen LogP contribution in [0, 0.1) is 0 Å². The van der Waals surface area contributed by atoms with Gasteiger partial charge in [0.05, 0.1) is 13.7 Å². The highest BCUT2D eigenvalue weighted by Crippen LogP contribution is 2.28. The number of benzene rings is 2. The van der Waals surface area contributed by atoms with Gasteiger partial charge in [0.2, 0.25) is 0 Å². The summed E-state index contributed by atoms with van der Waals surface area (Å²) in [5, 5.41) is 18.2. The fourth-order valence-corrected chi connectivity index (χ4v) is 1.86. The van der Waals surface area contributed by atoms with Crippen LogP contribution in [-0.2, 0) is 16.1 Å². The first-order chi connectivity index (χ1) is 12.0. The lowest BCUT2D eigenvalue weighted by Gasteiger charge is -2.12. The molecule has 0 aliphatic carbocycles. The van der Waals surface area contributed by atoms with Crippen LogP contribution in [0.3, 0.4) is 0 Å². The Balaban J connectivity index is 0.000000450. The van der Waals surface area contributed by atoms with Crippen LogP contribution in [0.1, 0.15) is 12.5 Å². The van der Waals surface area contributed by atoms with E-state index < -0.39 is 11.9 Å². The second-order valence-electron chi connectivity index (χ2n) is 4.75. The van der Waals surface area contributed by atoms with Crippen molar-refractivity contribution >= 4 is 17.6 Å². The molecule has 0 saturated heterocycles. The van der Waals surface area contributed by atoms with Crippen molar-refractivity contribution in [3.63, 3.8) is 0 Å². The number of hydrogen-bond donors (Lipinski definition) is 3. The first-order valence-corrected chi connectivity index (χ1v) is 7.52. The second-order valence-corrected chi connectivity index (χ2v) is 4.75. The standard InChI is InChI=1S/C16H19NO2.C2H2O4/c1-3-19-16-11-13(9-10-15(16)18-2)12-17-14-7-5-4-6-8-14;3-1(4)2(5)6/h4-11,17H,3,12H2,1-2H3;(H,3,4)(H,5,6). The molecule has 7 heteroatoms. The van der Waals surface area contributed by atoms with Crippen LogP contribution in [0.4, 0.5) is 5.69 Å². The molecule has 0 aromatic heterocycles. The summed E-state index contributed by atoms with van der Waals surface area (Å²) < 4.78 is 10.8. The Bertz CT molecular complexity index is 675. The lowest BCUT2D eigenvalue weighted by atomic mass is 10.2. The smallest absolute Gasteiger partial charge is 0.414 e. The van der Waals surface area contributed by atoms with Crippen molar-refractivity contribution in [1.82, 2.24) is 0 Å². The molecule has 7 nitrogen and oxygen atoms in total. The number of nitrogens with one attached hydrogen (secondary N) is 1. The average Bonchev–Trinajstić information content (AvgIpc) is 2.62. The number of hydrogen-bond acceptors (Lipinski definition) is 5. The quantitative estimate of drug-likeness (QED) is 0.690. The van der Waals surface area contributed by atoms with Crippen LogP contribution in [0.15, 0.2) is 48.5 Å². The molecule has 0 bridgehead atoms. The molecule has 0 heterocycles. The fraction of sp³-hybridized carbons (Fsp3) is 0.222. The molecule has 2 aromatic carbocycles. The van der Waals surface area contributed by atoms with E-state index >= 15 is 0 Å². The molecule has 0 unspecified atom stereocenters. The van der Waals surface area contributed by atoms with Gasteiger partial charge in [0, 0.05) is 12.2 Å². The summed E-state index contributed by atoms with van der Waals surface area (Å²) in [7, 11) is 1.65. The summed E-state index contributed by atoms with van der Waals surface area (Å²) in [4.78, 5) is 18.2. The number of rotatable bonds is 6. The van der Waals surface area contributed by atoms with E-state index in [4.69, 9.17) is 29.3 Å². The van der Waals surface area contributed by atoms with Gasteiger partial charge in [-0.25, -0.2) is 9.59 Å². The molecule has 0 aliphatic rings. The molecule has 0 amide bonds. The number of aliphatic carboxylic acids is 2. The van der Waals surface area contributed by atoms with E-state index in [2.05, 4.69) is 5.32 Å². The summed E-state index contributed by atoms with van der Waals surface area (Å²) >= 11 is 0. The molecular formula is C18H21NO6. The summed E-state index contributed by atoms with van der Waals surface area (Å²) in [5.74, 6) is -2.09. The van der Waals surface area contributed by atoms with Crippen LogP contribution >= 0.6 is 0 Å². The maximum Gasteiger partial charge on any atom is 0.414 e. The maximum absolute atomic E-state index is 9.10. The highest BCUT2D eigenvalue weighted by molar-refractivity contribution is 6.27. The maximum atomic E-state index is 9.10. The lowest BCUT2D eigenvalue weighted by Crippen LogP contribution is -2.09. The zero-order chi connectivity index (χ0) is 18.7. The first-order valence-electron chi connectivity index (χ1n) is 7.52. The van der Waals surface area contributed by atoms with Crippen LogP contribution in [0.2, 0.25) is 0 Å². The summed E-state index contributed by atoms with van der Waals surface area (Å²) in [6, 6.07) is 16.1. The molecule has 0 aliphatic heterocycles. The molecule has 2 aromatic rings. The number of ether oxygens (including phenoxy) is 2. The summed E-state index contributed by atoms with van der Waals surface area (Å²) in [5.41, 5.74) is 2.27. The van der Waals surface area contributed by atoms with Crippen molar-refractivity contribution in [2.75, 3.05) is 19.0 Å². The SMILES string of the molecule is CCOc1cc(CNc2ccccc2)ccc1OC.O=C(O)C(=O)O. The Morgan fingerprint density at radius 2 is 1.64 bits per heavy atom. The molecule has 0 atom stereocenters. The normalized spacial score (nSPS) is 9.36. The lowest BCUT2D eigenvalue weighted by molar-refractivity contribution is -0.159.